The van der Waals surface area contributed by atoms with Gasteiger partial charge in [-0.3, -0.25) is 9.59 Å². The van der Waals surface area contributed by atoms with Gasteiger partial charge in [-0.1, -0.05) is 24.3 Å². The zero-order valence-corrected chi connectivity index (χ0v) is 17.1. The molecule has 1 N–H and O–H groups in total. The van der Waals surface area contributed by atoms with Crippen LogP contribution < -0.4 is 5.32 Å². The molecule has 146 valence electrons. The molecule has 2 aromatic carbocycles. The van der Waals surface area contributed by atoms with Crippen molar-refractivity contribution in [2.75, 3.05) is 33.2 Å². The van der Waals surface area contributed by atoms with Crippen molar-refractivity contribution in [1.82, 2.24) is 15.1 Å². The summed E-state index contributed by atoms with van der Waals surface area (Å²) in [6.45, 7) is 2.66. The van der Waals surface area contributed by atoms with Gasteiger partial charge >= 0.3 is 0 Å². The summed E-state index contributed by atoms with van der Waals surface area (Å²) >= 11 is 3.35. The van der Waals surface area contributed by atoms with E-state index in [2.05, 4.69) is 26.1 Å². The van der Waals surface area contributed by atoms with E-state index in [0.29, 0.717) is 28.7 Å². The predicted octanol–water partition coefficient (Wildman–Crippen LogP) is 3.13. The van der Waals surface area contributed by atoms with E-state index in [4.69, 9.17) is 0 Å². The van der Waals surface area contributed by atoms with Gasteiger partial charge in [0.05, 0.1) is 5.56 Å². The first-order chi connectivity index (χ1) is 13.4. The Kier molecular flexibility index (Phi) is 6.59. The molecule has 2 aromatic rings. The highest BCUT2D eigenvalue weighted by atomic mass is 79.9. The van der Waals surface area contributed by atoms with Gasteiger partial charge in [-0.2, -0.15) is 0 Å². The van der Waals surface area contributed by atoms with Crippen LogP contribution in [0.5, 0.6) is 0 Å². The minimum Gasteiger partial charge on any atom is -0.335 e. The fourth-order valence-electron chi connectivity index (χ4n) is 2.93. The molecule has 0 radical (unpaired) electrons. The Bertz CT molecular complexity index is 908. The van der Waals surface area contributed by atoms with Gasteiger partial charge < -0.3 is 15.1 Å². The van der Waals surface area contributed by atoms with Crippen molar-refractivity contribution in [2.24, 2.45) is 0 Å². The fraction of sp³-hybridized carbons (Fsp3) is 0.238. The standard InChI is InChI=1S/C21H21BrFN3O2/c1-25-9-11-26(12-10-25)21(28)19(14-15-5-4-6-16(23)13-15)24-20(27)17-7-2-3-8-18(17)22/h2-8,13-14H,9-12H2,1H3,(H,24,27)/b19-14-. The van der Waals surface area contributed by atoms with E-state index in [1.165, 1.54) is 18.2 Å². The lowest BCUT2D eigenvalue weighted by atomic mass is 10.1. The van der Waals surface area contributed by atoms with Gasteiger partial charge in [-0.25, -0.2) is 4.39 Å². The third-order valence-electron chi connectivity index (χ3n) is 4.55. The number of nitrogens with zero attached hydrogens (tertiary/aromatic N) is 2. The van der Waals surface area contributed by atoms with Crippen LogP contribution in [0.3, 0.4) is 0 Å². The SMILES string of the molecule is CN1CCN(C(=O)/C(=C/c2cccc(F)c2)NC(=O)c2ccccc2Br)CC1. The van der Waals surface area contributed by atoms with Gasteiger partial charge in [0, 0.05) is 30.7 Å². The van der Waals surface area contributed by atoms with E-state index in [1.807, 2.05) is 7.05 Å². The van der Waals surface area contributed by atoms with Gasteiger partial charge in [0.15, 0.2) is 0 Å². The summed E-state index contributed by atoms with van der Waals surface area (Å²) in [5, 5.41) is 2.72. The third kappa shape index (κ3) is 5.05. The number of rotatable bonds is 4. The first kappa shape index (κ1) is 20.2. The highest BCUT2D eigenvalue weighted by molar-refractivity contribution is 9.10. The zero-order valence-electron chi connectivity index (χ0n) is 15.5. The molecule has 5 nitrogen and oxygen atoms in total. The Hall–Kier alpha value is -2.51. The Morgan fingerprint density at radius 3 is 2.46 bits per heavy atom. The van der Waals surface area contributed by atoms with Crippen LogP contribution in [0.25, 0.3) is 6.08 Å². The molecule has 2 amide bonds. The molecular formula is C21H21BrFN3O2. The molecule has 1 aliphatic rings. The number of likely N-dealkylation sites (N-methyl/N-ethyl adjacent to an activating group) is 1. The van der Waals surface area contributed by atoms with Crippen LogP contribution in [0.2, 0.25) is 0 Å². The van der Waals surface area contributed by atoms with Crippen LogP contribution >= 0.6 is 15.9 Å². The highest BCUT2D eigenvalue weighted by Gasteiger charge is 2.24. The largest absolute Gasteiger partial charge is 0.335 e. The van der Waals surface area contributed by atoms with Crippen LogP contribution in [0, 0.1) is 5.82 Å². The molecule has 1 heterocycles. The number of benzene rings is 2. The lowest BCUT2D eigenvalue weighted by Crippen LogP contribution is -2.49. The Morgan fingerprint density at radius 1 is 1.07 bits per heavy atom. The zero-order chi connectivity index (χ0) is 20.1. The summed E-state index contributed by atoms with van der Waals surface area (Å²) in [6.07, 6.45) is 1.51. The van der Waals surface area contributed by atoms with E-state index >= 15 is 0 Å². The van der Waals surface area contributed by atoms with Crippen LogP contribution in [0.4, 0.5) is 4.39 Å². The van der Waals surface area contributed by atoms with Crippen molar-refractivity contribution in [3.8, 4) is 0 Å². The second-order valence-electron chi connectivity index (χ2n) is 6.64. The molecule has 28 heavy (non-hydrogen) atoms. The normalized spacial score (nSPS) is 15.4. The summed E-state index contributed by atoms with van der Waals surface area (Å²) in [5.41, 5.74) is 1.04. The van der Waals surface area contributed by atoms with Crippen LogP contribution in [0.15, 0.2) is 58.7 Å². The van der Waals surface area contributed by atoms with Gasteiger partial charge in [0.1, 0.15) is 11.5 Å². The van der Waals surface area contributed by atoms with Crippen LogP contribution in [-0.4, -0.2) is 54.8 Å². The molecule has 0 aromatic heterocycles. The van der Waals surface area contributed by atoms with Crippen molar-refractivity contribution in [1.29, 1.82) is 0 Å². The topological polar surface area (TPSA) is 52.6 Å². The summed E-state index contributed by atoms with van der Waals surface area (Å²) in [6, 6.07) is 12.9. The van der Waals surface area contributed by atoms with E-state index in [-0.39, 0.29) is 11.6 Å². The van der Waals surface area contributed by atoms with Crippen molar-refractivity contribution < 1.29 is 14.0 Å². The highest BCUT2D eigenvalue weighted by Crippen LogP contribution is 2.17. The fourth-order valence-corrected chi connectivity index (χ4v) is 3.39. The number of hydrogen-bond donors (Lipinski definition) is 1. The molecule has 0 aliphatic carbocycles. The smallest absolute Gasteiger partial charge is 0.270 e. The summed E-state index contributed by atoms with van der Waals surface area (Å²) in [4.78, 5) is 29.6. The van der Waals surface area contributed by atoms with Crippen molar-refractivity contribution >= 4 is 33.8 Å². The molecule has 3 rings (SSSR count). The monoisotopic (exact) mass is 445 g/mol. The second-order valence-corrected chi connectivity index (χ2v) is 7.50. The molecule has 1 saturated heterocycles. The quantitative estimate of drug-likeness (QED) is 0.735. The number of amides is 2. The van der Waals surface area contributed by atoms with E-state index in [1.54, 1.807) is 41.3 Å². The Labute approximate surface area is 172 Å². The van der Waals surface area contributed by atoms with Crippen molar-refractivity contribution in [2.45, 2.75) is 0 Å². The van der Waals surface area contributed by atoms with Crippen LogP contribution in [0.1, 0.15) is 15.9 Å². The molecule has 0 unspecified atom stereocenters. The molecule has 0 spiro atoms. The summed E-state index contributed by atoms with van der Waals surface area (Å²) < 4.78 is 14.2. The van der Waals surface area contributed by atoms with Gasteiger partial charge in [-0.05, 0) is 58.9 Å². The van der Waals surface area contributed by atoms with Crippen LogP contribution in [-0.2, 0) is 4.79 Å². The first-order valence-electron chi connectivity index (χ1n) is 8.95. The lowest BCUT2D eigenvalue weighted by Gasteiger charge is -2.33. The molecule has 0 atom stereocenters. The summed E-state index contributed by atoms with van der Waals surface area (Å²) in [7, 11) is 2.00. The molecular weight excluding hydrogens is 425 g/mol. The maximum Gasteiger partial charge on any atom is 0.270 e. The van der Waals surface area contributed by atoms with Crippen molar-refractivity contribution in [3.05, 3.63) is 75.6 Å². The number of carbonyl (C=O) groups excluding carboxylic acids is 2. The minimum atomic E-state index is -0.405. The number of piperazine rings is 1. The Balaban J connectivity index is 1.89. The lowest BCUT2D eigenvalue weighted by molar-refractivity contribution is -0.128. The number of nitrogens with one attached hydrogen (secondary N) is 1. The summed E-state index contributed by atoms with van der Waals surface area (Å²) in [5.74, 6) is -1.09. The maximum absolute atomic E-state index is 13.6. The average molecular weight is 446 g/mol. The molecule has 1 aliphatic heterocycles. The van der Waals surface area contributed by atoms with Gasteiger partial charge in [0.25, 0.3) is 11.8 Å². The van der Waals surface area contributed by atoms with E-state index in [9.17, 15) is 14.0 Å². The third-order valence-corrected chi connectivity index (χ3v) is 5.24. The van der Waals surface area contributed by atoms with E-state index < -0.39 is 11.7 Å². The van der Waals surface area contributed by atoms with E-state index in [0.717, 1.165) is 13.1 Å². The predicted molar refractivity (Wildman–Crippen MR) is 110 cm³/mol. The molecule has 0 saturated carbocycles. The Morgan fingerprint density at radius 2 is 1.79 bits per heavy atom. The number of hydrogen-bond acceptors (Lipinski definition) is 3. The maximum atomic E-state index is 13.6. The second kappa shape index (κ2) is 9.12. The molecule has 7 heteroatoms. The van der Waals surface area contributed by atoms with Crippen molar-refractivity contribution in [3.63, 3.8) is 0 Å². The first-order valence-corrected chi connectivity index (χ1v) is 9.74. The van der Waals surface area contributed by atoms with Gasteiger partial charge in [0.2, 0.25) is 0 Å². The minimum absolute atomic E-state index is 0.121. The van der Waals surface area contributed by atoms with Gasteiger partial charge in [-0.15, -0.1) is 0 Å². The average Bonchev–Trinajstić information content (AvgIpc) is 2.68. The number of carbonyl (C=O) groups is 2. The molecule has 1 fully saturated rings. The molecule has 0 bridgehead atoms. The number of halogens is 2.